The molecule has 5 heteroatoms. The molecule has 3 aromatic rings. The number of amides is 1. The van der Waals surface area contributed by atoms with Crippen LogP contribution in [0, 0.1) is 0 Å². The van der Waals surface area contributed by atoms with Gasteiger partial charge in [0.15, 0.2) is 0 Å². The van der Waals surface area contributed by atoms with Gasteiger partial charge in [-0.3, -0.25) is 4.90 Å². The summed E-state index contributed by atoms with van der Waals surface area (Å²) in [5, 5.41) is 4.43. The lowest BCUT2D eigenvalue weighted by Gasteiger charge is -2.56. The van der Waals surface area contributed by atoms with Gasteiger partial charge in [0.2, 0.25) is 0 Å². The fourth-order valence-corrected chi connectivity index (χ4v) is 5.02. The highest BCUT2D eigenvalue weighted by atomic mass is 16.5. The van der Waals surface area contributed by atoms with Gasteiger partial charge in [-0.05, 0) is 23.6 Å². The van der Waals surface area contributed by atoms with Crippen molar-refractivity contribution in [1.82, 2.24) is 14.8 Å². The Morgan fingerprint density at radius 1 is 1.21 bits per heavy atom. The molecule has 1 aromatic heterocycles. The Bertz CT molecular complexity index is 1070. The van der Waals surface area contributed by atoms with E-state index in [4.69, 9.17) is 4.74 Å². The third kappa shape index (κ3) is 2.85. The number of ether oxygens (including phenoxy) is 1. The van der Waals surface area contributed by atoms with Crippen LogP contribution in [0.1, 0.15) is 22.9 Å². The molecule has 0 aliphatic carbocycles. The van der Waals surface area contributed by atoms with Crippen molar-refractivity contribution in [3.8, 4) is 0 Å². The van der Waals surface area contributed by atoms with Crippen molar-refractivity contribution in [2.24, 2.45) is 7.05 Å². The van der Waals surface area contributed by atoms with Crippen LogP contribution in [0.25, 0.3) is 10.9 Å². The van der Waals surface area contributed by atoms with E-state index in [0.717, 1.165) is 18.5 Å². The lowest BCUT2D eigenvalue weighted by molar-refractivity contribution is -0.0153. The van der Waals surface area contributed by atoms with Crippen LogP contribution in [0.2, 0.25) is 0 Å². The van der Waals surface area contributed by atoms with E-state index in [0.29, 0.717) is 0 Å². The minimum atomic E-state index is -0.378. The first-order valence-corrected chi connectivity index (χ1v) is 10.1. The predicted molar refractivity (Wildman–Crippen MR) is 114 cm³/mol. The van der Waals surface area contributed by atoms with Gasteiger partial charge in [0.05, 0.1) is 18.1 Å². The zero-order chi connectivity index (χ0) is 20.0. The lowest BCUT2D eigenvalue weighted by atomic mass is 9.79. The molecule has 5 rings (SSSR count). The number of nitrogens with zero attached hydrogens (tertiary/aromatic N) is 2. The molecule has 2 aliphatic rings. The average molecular weight is 387 g/mol. The van der Waals surface area contributed by atoms with Crippen LogP contribution in [0.15, 0.2) is 67.3 Å². The lowest BCUT2D eigenvalue weighted by Crippen LogP contribution is -2.69. The summed E-state index contributed by atoms with van der Waals surface area (Å²) in [6.45, 7) is 5.25. The highest BCUT2D eigenvalue weighted by molar-refractivity contribution is 5.86. The topological polar surface area (TPSA) is 46.5 Å². The molecule has 0 unspecified atom stereocenters. The minimum Gasteiger partial charge on any atom is -0.445 e. The Hall–Kier alpha value is -3.05. The molecule has 0 bridgehead atoms. The van der Waals surface area contributed by atoms with Gasteiger partial charge in [0, 0.05) is 30.2 Å². The van der Waals surface area contributed by atoms with Crippen molar-refractivity contribution in [1.29, 1.82) is 0 Å². The molecule has 1 amide bonds. The van der Waals surface area contributed by atoms with E-state index >= 15 is 0 Å². The van der Waals surface area contributed by atoms with Gasteiger partial charge in [-0.1, -0.05) is 54.6 Å². The molecule has 0 radical (unpaired) electrons. The van der Waals surface area contributed by atoms with Gasteiger partial charge in [-0.15, -0.1) is 6.58 Å². The Morgan fingerprint density at radius 3 is 2.76 bits per heavy atom. The Balaban J connectivity index is 1.39. The van der Waals surface area contributed by atoms with Crippen LogP contribution < -0.4 is 5.32 Å². The maximum atomic E-state index is 12.5. The van der Waals surface area contributed by atoms with E-state index in [1.54, 1.807) is 0 Å². The number of benzene rings is 2. The van der Waals surface area contributed by atoms with Crippen molar-refractivity contribution >= 4 is 17.0 Å². The SMILES string of the molecule is C=C[C@@H]1[C@H](NC(=O)OCc2ccccc2)[C@H]2c3c(c4ccccc4n3C)CCN12. The molecule has 29 heavy (non-hydrogen) atoms. The Kier molecular flexibility index (Phi) is 4.40. The van der Waals surface area contributed by atoms with Crippen LogP contribution in [-0.4, -0.2) is 34.2 Å². The van der Waals surface area contributed by atoms with Crippen molar-refractivity contribution in [3.63, 3.8) is 0 Å². The summed E-state index contributed by atoms with van der Waals surface area (Å²) in [6, 6.07) is 18.5. The maximum absolute atomic E-state index is 12.5. The molecule has 1 saturated heterocycles. The van der Waals surface area contributed by atoms with E-state index in [9.17, 15) is 4.79 Å². The average Bonchev–Trinajstić information content (AvgIpc) is 3.03. The van der Waals surface area contributed by atoms with Gasteiger partial charge in [-0.2, -0.15) is 0 Å². The predicted octanol–water partition coefficient (Wildman–Crippen LogP) is 3.94. The number of aryl methyl sites for hydroxylation is 1. The highest BCUT2D eigenvalue weighted by Gasteiger charge is 2.52. The first kappa shape index (κ1) is 18.0. The first-order chi connectivity index (χ1) is 14.2. The number of hydrogen-bond donors (Lipinski definition) is 1. The summed E-state index contributed by atoms with van der Waals surface area (Å²) in [5.74, 6) is 0. The molecule has 2 aromatic carbocycles. The van der Waals surface area contributed by atoms with Crippen LogP contribution >= 0.6 is 0 Å². The molecule has 1 fully saturated rings. The zero-order valence-corrected chi connectivity index (χ0v) is 16.5. The molecule has 0 spiro atoms. The number of nitrogens with one attached hydrogen (secondary N) is 1. The summed E-state index contributed by atoms with van der Waals surface area (Å²) < 4.78 is 7.76. The summed E-state index contributed by atoms with van der Waals surface area (Å²) in [7, 11) is 2.12. The second kappa shape index (κ2) is 7.08. The quantitative estimate of drug-likeness (QED) is 0.690. The fourth-order valence-electron chi connectivity index (χ4n) is 5.02. The smallest absolute Gasteiger partial charge is 0.407 e. The number of aromatic nitrogens is 1. The molecule has 1 N–H and O–H groups in total. The third-order valence-corrected chi connectivity index (χ3v) is 6.35. The third-order valence-electron chi connectivity index (χ3n) is 6.35. The van der Waals surface area contributed by atoms with E-state index in [-0.39, 0.29) is 30.8 Å². The van der Waals surface area contributed by atoms with Gasteiger partial charge >= 0.3 is 6.09 Å². The zero-order valence-electron chi connectivity index (χ0n) is 16.5. The van der Waals surface area contributed by atoms with Crippen molar-refractivity contribution in [3.05, 3.63) is 84.1 Å². The maximum Gasteiger partial charge on any atom is 0.407 e. The van der Waals surface area contributed by atoms with E-state index in [1.165, 1.54) is 22.2 Å². The van der Waals surface area contributed by atoms with Crippen molar-refractivity contribution in [2.45, 2.75) is 31.2 Å². The monoisotopic (exact) mass is 387 g/mol. The van der Waals surface area contributed by atoms with Crippen LogP contribution in [0.3, 0.4) is 0 Å². The molecule has 3 heterocycles. The van der Waals surface area contributed by atoms with Gasteiger partial charge in [0.1, 0.15) is 6.61 Å². The normalized spacial score (nSPS) is 23.0. The molecule has 148 valence electrons. The number of rotatable bonds is 4. The van der Waals surface area contributed by atoms with E-state index < -0.39 is 0 Å². The summed E-state index contributed by atoms with van der Waals surface area (Å²) in [4.78, 5) is 15.0. The summed E-state index contributed by atoms with van der Waals surface area (Å²) in [6.07, 6.45) is 2.57. The van der Waals surface area contributed by atoms with Crippen molar-refractivity contribution in [2.75, 3.05) is 6.54 Å². The highest BCUT2D eigenvalue weighted by Crippen LogP contribution is 2.46. The Morgan fingerprint density at radius 2 is 1.97 bits per heavy atom. The van der Waals surface area contributed by atoms with Crippen LogP contribution in [0.4, 0.5) is 4.79 Å². The van der Waals surface area contributed by atoms with Gasteiger partial charge < -0.3 is 14.6 Å². The first-order valence-electron chi connectivity index (χ1n) is 10.1. The van der Waals surface area contributed by atoms with Crippen molar-refractivity contribution < 1.29 is 9.53 Å². The van der Waals surface area contributed by atoms with Gasteiger partial charge in [-0.25, -0.2) is 4.79 Å². The molecule has 0 saturated carbocycles. The van der Waals surface area contributed by atoms with Crippen LogP contribution in [0.5, 0.6) is 0 Å². The second-order valence-electron chi connectivity index (χ2n) is 7.83. The number of fused-ring (bicyclic) bond motifs is 5. The van der Waals surface area contributed by atoms with E-state index in [2.05, 4.69) is 52.7 Å². The number of carbonyl (C=O) groups excluding carboxylic acids is 1. The molecular weight excluding hydrogens is 362 g/mol. The van der Waals surface area contributed by atoms with Crippen LogP contribution in [-0.2, 0) is 24.8 Å². The second-order valence-corrected chi connectivity index (χ2v) is 7.83. The summed E-state index contributed by atoms with van der Waals surface area (Å²) >= 11 is 0. The molecular formula is C24H25N3O2. The number of para-hydroxylation sites is 1. The van der Waals surface area contributed by atoms with Gasteiger partial charge in [0.25, 0.3) is 0 Å². The molecule has 5 nitrogen and oxygen atoms in total. The minimum absolute atomic E-state index is 0.0437. The number of hydrogen-bond acceptors (Lipinski definition) is 3. The fraction of sp³-hybridized carbons (Fsp3) is 0.292. The molecule has 3 atom stereocenters. The largest absolute Gasteiger partial charge is 0.445 e. The Labute approximate surface area is 170 Å². The molecule has 2 aliphatic heterocycles. The standard InChI is InChI=1S/C24H25N3O2/c1-3-19-21(25-24(28)29-15-16-9-5-4-6-10-16)23-22-18(13-14-27(19)23)17-11-7-8-12-20(17)26(22)2/h3-12,19,21,23H,1,13-15H2,2H3,(H,25,28)/t19-,21+,23+/m1/s1. The number of alkyl carbamates (subject to hydrolysis) is 1. The number of carbonyl (C=O) groups is 1. The van der Waals surface area contributed by atoms with E-state index in [1.807, 2.05) is 36.4 Å². The summed E-state index contributed by atoms with van der Waals surface area (Å²) in [5.41, 5.74) is 4.92.